The van der Waals surface area contributed by atoms with Gasteiger partial charge in [-0.1, -0.05) is 41.9 Å². The summed E-state index contributed by atoms with van der Waals surface area (Å²) >= 11 is 6.28. The molecule has 0 fully saturated rings. The summed E-state index contributed by atoms with van der Waals surface area (Å²) in [4.78, 5) is 2.24. The highest BCUT2D eigenvalue weighted by Crippen LogP contribution is 2.29. The largest absolute Gasteiger partial charge is 0.368 e. The first-order valence-corrected chi connectivity index (χ1v) is 7.22. The van der Waals surface area contributed by atoms with Crippen molar-refractivity contribution >= 4 is 17.3 Å². The van der Waals surface area contributed by atoms with Crippen molar-refractivity contribution in [2.24, 2.45) is 0 Å². The monoisotopic (exact) mass is 288 g/mol. The molecule has 0 heterocycles. The fourth-order valence-electron chi connectivity index (χ4n) is 2.30. The lowest BCUT2D eigenvalue weighted by atomic mass is 10.1. The molecule has 1 atom stereocenters. The van der Waals surface area contributed by atoms with Gasteiger partial charge in [0.25, 0.3) is 0 Å². The molecular formula is C17H21ClN2. The molecule has 0 amide bonds. The van der Waals surface area contributed by atoms with E-state index in [-0.39, 0.29) is 6.04 Å². The van der Waals surface area contributed by atoms with E-state index in [1.165, 1.54) is 11.3 Å². The predicted molar refractivity (Wildman–Crippen MR) is 87.5 cm³/mol. The van der Waals surface area contributed by atoms with Crippen LogP contribution in [0.1, 0.15) is 24.1 Å². The number of hydrogen-bond donors (Lipinski definition) is 1. The van der Waals surface area contributed by atoms with Gasteiger partial charge in [0.1, 0.15) is 0 Å². The van der Waals surface area contributed by atoms with Crippen LogP contribution in [-0.4, -0.2) is 14.1 Å². The average Bonchev–Trinajstić information content (AvgIpc) is 2.47. The van der Waals surface area contributed by atoms with Crippen LogP contribution >= 0.6 is 11.6 Å². The van der Waals surface area contributed by atoms with Crippen LogP contribution < -0.4 is 10.2 Å². The SMILES string of the molecule is CNCc1ccc(N(C)C(C)c2ccccc2Cl)cc1. The number of halogens is 1. The van der Waals surface area contributed by atoms with E-state index in [0.717, 1.165) is 17.1 Å². The Bertz CT molecular complexity index is 551. The van der Waals surface area contributed by atoms with E-state index in [2.05, 4.69) is 54.5 Å². The zero-order valence-corrected chi connectivity index (χ0v) is 13.0. The summed E-state index contributed by atoms with van der Waals surface area (Å²) in [6.45, 7) is 3.06. The number of nitrogens with one attached hydrogen (secondary N) is 1. The second kappa shape index (κ2) is 6.78. The molecule has 0 spiro atoms. The number of hydrogen-bond acceptors (Lipinski definition) is 2. The fraction of sp³-hybridized carbons (Fsp3) is 0.294. The molecule has 2 nitrogen and oxygen atoms in total. The number of nitrogens with zero attached hydrogens (tertiary/aromatic N) is 1. The molecule has 2 rings (SSSR count). The van der Waals surface area contributed by atoms with Crippen molar-refractivity contribution in [1.29, 1.82) is 0 Å². The minimum absolute atomic E-state index is 0.235. The lowest BCUT2D eigenvalue weighted by molar-refractivity contribution is 0.739. The Hall–Kier alpha value is -1.51. The van der Waals surface area contributed by atoms with Crippen LogP contribution in [0.2, 0.25) is 5.02 Å². The molecule has 0 aromatic heterocycles. The molecule has 2 aromatic carbocycles. The average molecular weight is 289 g/mol. The highest BCUT2D eigenvalue weighted by Gasteiger charge is 2.14. The molecule has 2 aromatic rings. The zero-order chi connectivity index (χ0) is 14.5. The maximum atomic E-state index is 6.28. The molecule has 0 aliphatic rings. The van der Waals surface area contributed by atoms with Crippen LogP contribution in [0.25, 0.3) is 0 Å². The van der Waals surface area contributed by atoms with Gasteiger partial charge in [-0.2, -0.15) is 0 Å². The minimum atomic E-state index is 0.235. The summed E-state index contributed by atoms with van der Waals surface area (Å²) in [5.74, 6) is 0. The van der Waals surface area contributed by atoms with Crippen LogP contribution in [0, 0.1) is 0 Å². The third-order valence-electron chi connectivity index (χ3n) is 3.66. The van der Waals surface area contributed by atoms with E-state index in [1.807, 2.05) is 25.2 Å². The van der Waals surface area contributed by atoms with Crippen LogP contribution in [0.4, 0.5) is 5.69 Å². The van der Waals surface area contributed by atoms with Crippen LogP contribution in [0.3, 0.4) is 0 Å². The van der Waals surface area contributed by atoms with Crippen molar-refractivity contribution in [1.82, 2.24) is 5.32 Å². The first-order valence-electron chi connectivity index (χ1n) is 6.84. The quantitative estimate of drug-likeness (QED) is 0.884. The second-order valence-corrected chi connectivity index (χ2v) is 5.41. The van der Waals surface area contributed by atoms with Gasteiger partial charge in [0.05, 0.1) is 6.04 Å². The molecule has 1 unspecified atom stereocenters. The van der Waals surface area contributed by atoms with Crippen molar-refractivity contribution < 1.29 is 0 Å². The van der Waals surface area contributed by atoms with Gasteiger partial charge in [0, 0.05) is 24.3 Å². The maximum absolute atomic E-state index is 6.28. The normalized spacial score (nSPS) is 12.2. The standard InChI is InChI=1S/C17H21ClN2/c1-13(16-6-4-5-7-17(16)18)20(3)15-10-8-14(9-11-15)12-19-2/h4-11,13,19H,12H2,1-3H3. The Labute approximate surface area is 126 Å². The van der Waals surface area contributed by atoms with Gasteiger partial charge in [0.2, 0.25) is 0 Å². The molecule has 3 heteroatoms. The summed E-state index contributed by atoms with van der Waals surface area (Å²) in [6.07, 6.45) is 0. The Morgan fingerprint density at radius 2 is 1.75 bits per heavy atom. The van der Waals surface area contributed by atoms with Crippen molar-refractivity contribution in [3.63, 3.8) is 0 Å². The summed E-state index contributed by atoms with van der Waals surface area (Å²) in [6, 6.07) is 16.9. The number of anilines is 1. The molecule has 0 aliphatic carbocycles. The van der Waals surface area contributed by atoms with Gasteiger partial charge in [0.15, 0.2) is 0 Å². The van der Waals surface area contributed by atoms with Crippen LogP contribution in [-0.2, 0) is 6.54 Å². The fourth-order valence-corrected chi connectivity index (χ4v) is 2.59. The first-order chi connectivity index (χ1) is 9.63. The topological polar surface area (TPSA) is 15.3 Å². The molecule has 0 bridgehead atoms. The number of rotatable bonds is 5. The lowest BCUT2D eigenvalue weighted by Crippen LogP contribution is -2.21. The Morgan fingerprint density at radius 1 is 1.10 bits per heavy atom. The molecule has 0 aliphatic heterocycles. The third-order valence-corrected chi connectivity index (χ3v) is 4.00. The second-order valence-electron chi connectivity index (χ2n) is 5.01. The van der Waals surface area contributed by atoms with E-state index < -0.39 is 0 Å². The van der Waals surface area contributed by atoms with E-state index in [0.29, 0.717) is 0 Å². The van der Waals surface area contributed by atoms with Crippen molar-refractivity contribution in [3.05, 3.63) is 64.7 Å². The van der Waals surface area contributed by atoms with E-state index in [9.17, 15) is 0 Å². The Balaban J connectivity index is 2.18. The molecule has 0 saturated heterocycles. The molecule has 0 saturated carbocycles. The van der Waals surface area contributed by atoms with Crippen molar-refractivity contribution in [2.45, 2.75) is 19.5 Å². The van der Waals surface area contributed by atoms with Crippen LogP contribution in [0.15, 0.2) is 48.5 Å². The van der Waals surface area contributed by atoms with Crippen molar-refractivity contribution in [2.75, 3.05) is 19.0 Å². The molecule has 20 heavy (non-hydrogen) atoms. The summed E-state index contributed by atoms with van der Waals surface area (Å²) in [5, 5.41) is 3.98. The number of benzene rings is 2. The molecule has 0 radical (unpaired) electrons. The molecular weight excluding hydrogens is 268 g/mol. The van der Waals surface area contributed by atoms with Crippen molar-refractivity contribution in [3.8, 4) is 0 Å². The van der Waals surface area contributed by atoms with E-state index in [4.69, 9.17) is 11.6 Å². The Morgan fingerprint density at radius 3 is 2.35 bits per heavy atom. The minimum Gasteiger partial charge on any atom is -0.368 e. The lowest BCUT2D eigenvalue weighted by Gasteiger charge is -2.28. The molecule has 1 N–H and O–H groups in total. The first kappa shape index (κ1) is 14.9. The maximum Gasteiger partial charge on any atom is 0.0525 e. The third kappa shape index (κ3) is 3.33. The van der Waals surface area contributed by atoms with Gasteiger partial charge in [-0.15, -0.1) is 0 Å². The summed E-state index contributed by atoms with van der Waals surface area (Å²) in [7, 11) is 4.06. The van der Waals surface area contributed by atoms with Crippen LogP contribution in [0.5, 0.6) is 0 Å². The predicted octanol–water partition coefficient (Wildman–Crippen LogP) is 4.26. The Kier molecular flexibility index (Phi) is 5.05. The smallest absolute Gasteiger partial charge is 0.0525 e. The summed E-state index contributed by atoms with van der Waals surface area (Å²) < 4.78 is 0. The van der Waals surface area contributed by atoms with Gasteiger partial charge in [-0.05, 0) is 43.3 Å². The van der Waals surface area contributed by atoms with Gasteiger partial charge >= 0.3 is 0 Å². The van der Waals surface area contributed by atoms with E-state index >= 15 is 0 Å². The highest BCUT2D eigenvalue weighted by molar-refractivity contribution is 6.31. The van der Waals surface area contributed by atoms with Gasteiger partial charge < -0.3 is 10.2 Å². The van der Waals surface area contributed by atoms with Gasteiger partial charge in [-0.3, -0.25) is 0 Å². The zero-order valence-electron chi connectivity index (χ0n) is 12.2. The molecule has 106 valence electrons. The van der Waals surface area contributed by atoms with E-state index in [1.54, 1.807) is 0 Å². The highest BCUT2D eigenvalue weighted by atomic mass is 35.5. The van der Waals surface area contributed by atoms with Gasteiger partial charge in [-0.25, -0.2) is 0 Å². The summed E-state index contributed by atoms with van der Waals surface area (Å²) in [5.41, 5.74) is 3.63.